The number of nitrogens with one attached hydrogen (secondary N) is 1. The van der Waals surface area contributed by atoms with Gasteiger partial charge in [-0.2, -0.15) is 4.98 Å². The highest BCUT2D eigenvalue weighted by Gasteiger charge is 2.28. The first-order valence-corrected chi connectivity index (χ1v) is 7.15. The normalized spacial score (nSPS) is 25.2. The third-order valence-electron chi connectivity index (χ3n) is 4.11. The molecule has 0 bridgehead atoms. The van der Waals surface area contributed by atoms with Crippen LogP contribution in [0, 0.1) is 0 Å². The van der Waals surface area contributed by atoms with E-state index in [1.807, 2.05) is 18.2 Å². The molecule has 104 valence electrons. The molecule has 2 unspecified atom stereocenters. The minimum atomic E-state index is 0.191. The van der Waals surface area contributed by atoms with Crippen LogP contribution >= 0.6 is 0 Å². The maximum Gasteiger partial charge on any atom is 0.231 e. The molecule has 0 saturated carbocycles. The van der Waals surface area contributed by atoms with Gasteiger partial charge in [-0.3, -0.25) is 0 Å². The highest BCUT2D eigenvalue weighted by Crippen LogP contribution is 2.31. The number of hydrogen-bond acceptors (Lipinski definition) is 5. The lowest BCUT2D eigenvalue weighted by Crippen LogP contribution is -2.20. The van der Waals surface area contributed by atoms with Crippen molar-refractivity contribution in [2.45, 2.75) is 24.7 Å². The number of para-hydroxylation sites is 1. The maximum atomic E-state index is 5.79. The van der Waals surface area contributed by atoms with Crippen molar-refractivity contribution in [3.8, 4) is 5.75 Å². The number of benzene rings is 1. The van der Waals surface area contributed by atoms with Gasteiger partial charge in [0.05, 0.1) is 18.4 Å². The second-order valence-electron chi connectivity index (χ2n) is 5.50. The second-order valence-corrected chi connectivity index (χ2v) is 5.50. The van der Waals surface area contributed by atoms with Gasteiger partial charge in [0, 0.05) is 6.54 Å². The van der Waals surface area contributed by atoms with E-state index < -0.39 is 0 Å². The van der Waals surface area contributed by atoms with E-state index in [1.54, 1.807) is 0 Å². The van der Waals surface area contributed by atoms with E-state index in [2.05, 4.69) is 21.5 Å². The molecule has 0 spiro atoms. The molecule has 0 amide bonds. The minimum Gasteiger partial charge on any atom is -0.493 e. The van der Waals surface area contributed by atoms with E-state index in [4.69, 9.17) is 9.26 Å². The van der Waals surface area contributed by atoms with E-state index in [1.165, 1.54) is 5.56 Å². The number of nitrogens with zero attached hydrogens (tertiary/aromatic N) is 2. The van der Waals surface area contributed by atoms with Gasteiger partial charge in [-0.15, -0.1) is 0 Å². The highest BCUT2D eigenvalue weighted by atomic mass is 16.5. The lowest BCUT2D eigenvalue weighted by molar-refractivity contribution is 0.253. The van der Waals surface area contributed by atoms with Crippen LogP contribution in [-0.4, -0.2) is 29.8 Å². The van der Waals surface area contributed by atoms with Gasteiger partial charge in [-0.05, 0) is 31.0 Å². The molecule has 2 aliphatic rings. The van der Waals surface area contributed by atoms with E-state index in [9.17, 15) is 0 Å². The van der Waals surface area contributed by atoms with E-state index in [-0.39, 0.29) is 5.92 Å². The Kier molecular flexibility index (Phi) is 2.92. The molecule has 4 rings (SSSR count). The van der Waals surface area contributed by atoms with Crippen molar-refractivity contribution in [1.82, 2.24) is 15.5 Å². The summed E-state index contributed by atoms with van der Waals surface area (Å²) in [5, 5.41) is 7.48. The molecular formula is C15H17N3O2. The third-order valence-corrected chi connectivity index (χ3v) is 4.11. The summed E-state index contributed by atoms with van der Waals surface area (Å²) in [7, 11) is 0. The van der Waals surface area contributed by atoms with Gasteiger partial charge >= 0.3 is 0 Å². The van der Waals surface area contributed by atoms with Gasteiger partial charge < -0.3 is 14.6 Å². The zero-order valence-corrected chi connectivity index (χ0v) is 11.2. The molecule has 1 N–H and O–H groups in total. The average Bonchev–Trinajstić information content (AvgIpc) is 3.17. The number of hydrogen-bond donors (Lipinski definition) is 1. The van der Waals surface area contributed by atoms with Crippen LogP contribution in [0.25, 0.3) is 0 Å². The molecule has 1 fully saturated rings. The summed E-state index contributed by atoms with van der Waals surface area (Å²) in [6, 6.07) is 8.15. The van der Waals surface area contributed by atoms with Crippen LogP contribution < -0.4 is 10.1 Å². The van der Waals surface area contributed by atoms with Crippen molar-refractivity contribution in [3.05, 3.63) is 41.5 Å². The van der Waals surface area contributed by atoms with E-state index in [0.29, 0.717) is 12.5 Å². The average molecular weight is 271 g/mol. The first-order chi connectivity index (χ1) is 9.90. The number of ether oxygens (including phenoxy) is 1. The predicted octanol–water partition coefficient (Wildman–Crippen LogP) is 1.87. The van der Waals surface area contributed by atoms with Crippen molar-refractivity contribution in [3.63, 3.8) is 0 Å². The third kappa shape index (κ3) is 2.08. The molecule has 2 aliphatic heterocycles. The lowest BCUT2D eigenvalue weighted by Gasteiger charge is -2.22. The minimum absolute atomic E-state index is 0.191. The SMILES string of the molecule is c1ccc2c(c1)CC(c1noc(C3CCNC3)n1)CO2. The summed E-state index contributed by atoms with van der Waals surface area (Å²) >= 11 is 0. The molecule has 1 aromatic carbocycles. The van der Waals surface area contributed by atoms with Gasteiger partial charge in [0.1, 0.15) is 5.75 Å². The summed E-state index contributed by atoms with van der Waals surface area (Å²) in [6.07, 6.45) is 1.99. The van der Waals surface area contributed by atoms with Crippen LogP contribution in [0.15, 0.2) is 28.8 Å². The molecule has 2 atom stereocenters. The van der Waals surface area contributed by atoms with Crippen LogP contribution in [0.3, 0.4) is 0 Å². The van der Waals surface area contributed by atoms with Crippen LogP contribution in [0.4, 0.5) is 0 Å². The van der Waals surface area contributed by atoms with Crippen LogP contribution in [0.1, 0.15) is 35.5 Å². The lowest BCUT2D eigenvalue weighted by atomic mass is 9.96. The van der Waals surface area contributed by atoms with Gasteiger partial charge in [-0.1, -0.05) is 23.4 Å². The molecular weight excluding hydrogens is 254 g/mol. The summed E-state index contributed by atoms with van der Waals surface area (Å²) in [5.74, 6) is 3.09. The molecule has 1 aromatic heterocycles. The van der Waals surface area contributed by atoms with Crippen molar-refractivity contribution in [2.24, 2.45) is 0 Å². The second kappa shape index (κ2) is 4.90. The zero-order chi connectivity index (χ0) is 13.4. The Balaban J connectivity index is 1.54. The van der Waals surface area contributed by atoms with Gasteiger partial charge in [-0.25, -0.2) is 0 Å². The fourth-order valence-electron chi connectivity index (χ4n) is 2.94. The quantitative estimate of drug-likeness (QED) is 0.903. The predicted molar refractivity (Wildman–Crippen MR) is 72.9 cm³/mol. The summed E-state index contributed by atoms with van der Waals surface area (Å²) in [4.78, 5) is 4.59. The van der Waals surface area contributed by atoms with Crippen LogP contribution in [0.5, 0.6) is 5.75 Å². The molecule has 5 heteroatoms. The Morgan fingerprint density at radius 1 is 1.20 bits per heavy atom. The molecule has 0 aliphatic carbocycles. The van der Waals surface area contributed by atoms with Gasteiger partial charge in [0.25, 0.3) is 0 Å². The Morgan fingerprint density at radius 3 is 3.05 bits per heavy atom. The van der Waals surface area contributed by atoms with E-state index >= 15 is 0 Å². The first-order valence-electron chi connectivity index (χ1n) is 7.15. The monoisotopic (exact) mass is 271 g/mol. The Labute approximate surface area is 117 Å². The molecule has 2 aromatic rings. The van der Waals surface area contributed by atoms with Crippen LogP contribution in [-0.2, 0) is 6.42 Å². The Bertz CT molecular complexity index is 605. The summed E-state index contributed by atoms with van der Waals surface area (Å²) in [6.45, 7) is 2.59. The summed E-state index contributed by atoms with van der Waals surface area (Å²) in [5.41, 5.74) is 1.22. The van der Waals surface area contributed by atoms with Gasteiger partial charge in [0.2, 0.25) is 5.89 Å². The molecule has 3 heterocycles. The molecule has 20 heavy (non-hydrogen) atoms. The molecule has 0 radical (unpaired) electrons. The number of fused-ring (bicyclic) bond motifs is 1. The Morgan fingerprint density at radius 2 is 2.15 bits per heavy atom. The fraction of sp³-hybridized carbons (Fsp3) is 0.467. The first kappa shape index (κ1) is 11.9. The fourth-order valence-corrected chi connectivity index (χ4v) is 2.94. The zero-order valence-electron chi connectivity index (χ0n) is 11.2. The largest absolute Gasteiger partial charge is 0.493 e. The van der Waals surface area contributed by atoms with Gasteiger partial charge in [0.15, 0.2) is 5.82 Å². The van der Waals surface area contributed by atoms with Crippen LogP contribution in [0.2, 0.25) is 0 Å². The topological polar surface area (TPSA) is 60.2 Å². The van der Waals surface area contributed by atoms with Crippen molar-refractivity contribution >= 4 is 0 Å². The molecule has 5 nitrogen and oxygen atoms in total. The standard InChI is InChI=1S/C15H17N3O2/c1-2-4-13-10(3-1)7-12(9-19-13)14-17-15(20-18-14)11-5-6-16-8-11/h1-4,11-12,16H,5-9H2. The highest BCUT2D eigenvalue weighted by molar-refractivity contribution is 5.36. The van der Waals surface area contributed by atoms with Crippen molar-refractivity contribution in [1.29, 1.82) is 0 Å². The van der Waals surface area contributed by atoms with Crippen molar-refractivity contribution < 1.29 is 9.26 Å². The smallest absolute Gasteiger partial charge is 0.231 e. The number of aromatic nitrogens is 2. The summed E-state index contributed by atoms with van der Waals surface area (Å²) < 4.78 is 11.2. The van der Waals surface area contributed by atoms with E-state index in [0.717, 1.165) is 43.4 Å². The Hall–Kier alpha value is -1.88. The maximum absolute atomic E-state index is 5.79. The van der Waals surface area contributed by atoms with Crippen molar-refractivity contribution in [2.75, 3.05) is 19.7 Å². The number of rotatable bonds is 2. The molecule has 1 saturated heterocycles.